The summed E-state index contributed by atoms with van der Waals surface area (Å²) in [5.74, 6) is -0.274. The normalized spacial score (nSPS) is 12.0. The largest absolute Gasteiger partial charge is 0.310 e. The smallest absolute Gasteiger partial charge is 0.238 e. The molecule has 1 atom stereocenters. The van der Waals surface area contributed by atoms with Gasteiger partial charge in [0.05, 0.1) is 16.0 Å². The maximum atomic E-state index is 13.4. The van der Waals surface area contributed by atoms with Gasteiger partial charge in [-0.05, 0) is 47.7 Å². The van der Waals surface area contributed by atoms with Crippen LogP contribution in [0, 0.1) is 5.82 Å². The number of carbonyl (C=O) groups is 1. The first-order valence-corrected chi connectivity index (χ1v) is 8.42. The van der Waals surface area contributed by atoms with Gasteiger partial charge < -0.3 is 5.32 Å². The third kappa shape index (κ3) is 4.31. The van der Waals surface area contributed by atoms with Crippen molar-refractivity contribution in [2.75, 3.05) is 5.32 Å². The zero-order valence-electron chi connectivity index (χ0n) is 12.9. The Morgan fingerprint density at radius 3 is 2.92 bits per heavy atom. The number of benzene rings is 1. The van der Waals surface area contributed by atoms with Crippen LogP contribution < -0.4 is 5.32 Å². The molecule has 1 amide bonds. The van der Waals surface area contributed by atoms with Gasteiger partial charge in [0.15, 0.2) is 0 Å². The molecule has 2 heterocycles. The summed E-state index contributed by atoms with van der Waals surface area (Å²) in [5, 5.41) is 14.4. The quantitative estimate of drug-likeness (QED) is 0.687. The van der Waals surface area contributed by atoms with Crippen LogP contribution in [0.5, 0.6) is 0 Å². The fourth-order valence-corrected chi connectivity index (χ4v) is 2.83. The van der Waals surface area contributed by atoms with Crippen LogP contribution in [-0.4, -0.2) is 36.3 Å². The molecule has 0 unspecified atom stereocenters. The van der Waals surface area contributed by atoms with Gasteiger partial charge in [-0.25, -0.2) is 9.37 Å². The van der Waals surface area contributed by atoms with Gasteiger partial charge in [0.2, 0.25) is 11.1 Å². The number of tetrazole rings is 1. The predicted molar refractivity (Wildman–Crippen MR) is 92.3 cm³/mol. The Morgan fingerprint density at radius 2 is 2.20 bits per heavy atom. The van der Waals surface area contributed by atoms with Crippen LogP contribution in [0.1, 0.15) is 6.92 Å². The number of pyridine rings is 1. The van der Waals surface area contributed by atoms with Gasteiger partial charge in [0.1, 0.15) is 11.6 Å². The molecule has 0 fully saturated rings. The molecule has 3 aromatic rings. The maximum Gasteiger partial charge on any atom is 0.238 e. The lowest BCUT2D eigenvalue weighted by Gasteiger charge is -2.11. The molecule has 0 saturated heterocycles. The minimum Gasteiger partial charge on any atom is -0.310 e. The fourth-order valence-electron chi connectivity index (χ4n) is 1.91. The molecule has 1 N–H and O–H groups in total. The SMILES string of the molecule is C[C@@H](Sc1nnnn1-c1cccc(F)c1)C(=O)Nc1ccc(Cl)cn1. The van der Waals surface area contributed by atoms with Crippen molar-refractivity contribution in [2.45, 2.75) is 17.3 Å². The highest BCUT2D eigenvalue weighted by Crippen LogP contribution is 2.24. The Labute approximate surface area is 151 Å². The molecule has 25 heavy (non-hydrogen) atoms. The predicted octanol–water partition coefficient (Wildman–Crippen LogP) is 2.97. The van der Waals surface area contributed by atoms with Crippen LogP contribution in [0.4, 0.5) is 10.2 Å². The van der Waals surface area contributed by atoms with Crippen LogP contribution in [0.3, 0.4) is 0 Å². The Balaban J connectivity index is 1.71. The standard InChI is InChI=1S/C15H12ClFN6OS/c1-9(14(24)19-13-6-5-10(16)8-18-13)25-15-20-21-22-23(15)12-4-2-3-11(17)7-12/h2-9H,1H3,(H,18,19,24)/t9-/m1/s1. The summed E-state index contributed by atoms with van der Waals surface area (Å²) in [6.07, 6.45) is 1.44. The van der Waals surface area contributed by atoms with E-state index in [-0.39, 0.29) is 5.91 Å². The first-order chi connectivity index (χ1) is 12.0. The second-order valence-electron chi connectivity index (χ2n) is 4.96. The average molecular weight is 379 g/mol. The molecule has 128 valence electrons. The van der Waals surface area contributed by atoms with Gasteiger partial charge in [0, 0.05) is 6.20 Å². The Bertz CT molecular complexity index is 888. The molecule has 0 aliphatic carbocycles. The van der Waals surface area contributed by atoms with E-state index >= 15 is 0 Å². The van der Waals surface area contributed by atoms with Gasteiger partial charge >= 0.3 is 0 Å². The van der Waals surface area contributed by atoms with Gasteiger partial charge in [-0.15, -0.1) is 5.10 Å². The Hall–Kier alpha value is -2.52. The number of nitrogens with one attached hydrogen (secondary N) is 1. The zero-order valence-corrected chi connectivity index (χ0v) is 14.5. The van der Waals surface area contributed by atoms with E-state index in [0.717, 1.165) is 11.8 Å². The molecule has 10 heteroatoms. The highest BCUT2D eigenvalue weighted by molar-refractivity contribution is 8.00. The van der Waals surface area contributed by atoms with Gasteiger partial charge in [-0.3, -0.25) is 4.79 Å². The summed E-state index contributed by atoms with van der Waals surface area (Å²) in [4.78, 5) is 16.3. The lowest BCUT2D eigenvalue weighted by atomic mass is 10.3. The Kier molecular flexibility index (Phi) is 5.25. The minimum absolute atomic E-state index is 0.270. The first kappa shape index (κ1) is 17.3. The topological polar surface area (TPSA) is 85.6 Å². The summed E-state index contributed by atoms with van der Waals surface area (Å²) in [5.41, 5.74) is 0.472. The van der Waals surface area contributed by atoms with Crippen molar-refractivity contribution in [3.63, 3.8) is 0 Å². The minimum atomic E-state index is -0.504. The maximum absolute atomic E-state index is 13.4. The number of nitrogens with zero attached hydrogens (tertiary/aromatic N) is 5. The number of amides is 1. The van der Waals surface area contributed by atoms with E-state index in [0.29, 0.717) is 21.7 Å². The number of aromatic nitrogens is 5. The number of hydrogen-bond acceptors (Lipinski definition) is 6. The highest BCUT2D eigenvalue weighted by Gasteiger charge is 2.19. The number of rotatable bonds is 5. The molecule has 0 saturated carbocycles. The second kappa shape index (κ2) is 7.58. The molecule has 0 aliphatic rings. The first-order valence-electron chi connectivity index (χ1n) is 7.16. The molecule has 0 bridgehead atoms. The van der Waals surface area contributed by atoms with Crippen LogP contribution in [-0.2, 0) is 4.79 Å². The number of carbonyl (C=O) groups excluding carboxylic acids is 1. The molecular formula is C15H12ClFN6OS. The number of halogens is 2. The molecule has 1 aromatic carbocycles. The molecule has 7 nitrogen and oxygen atoms in total. The van der Waals surface area contributed by atoms with Crippen molar-refractivity contribution in [1.29, 1.82) is 0 Å². The molecule has 3 rings (SSSR count). The zero-order chi connectivity index (χ0) is 17.8. The van der Waals surface area contributed by atoms with Gasteiger partial charge in [0.25, 0.3) is 0 Å². The van der Waals surface area contributed by atoms with Crippen molar-refractivity contribution in [2.24, 2.45) is 0 Å². The monoisotopic (exact) mass is 378 g/mol. The van der Waals surface area contributed by atoms with Crippen LogP contribution in [0.2, 0.25) is 5.02 Å². The number of thioether (sulfide) groups is 1. The van der Waals surface area contributed by atoms with E-state index in [9.17, 15) is 9.18 Å². The fraction of sp³-hybridized carbons (Fsp3) is 0.133. The van der Waals surface area contributed by atoms with E-state index in [1.54, 1.807) is 31.2 Å². The van der Waals surface area contributed by atoms with E-state index in [1.165, 1.54) is 23.0 Å². The summed E-state index contributed by atoms with van der Waals surface area (Å²) in [6, 6.07) is 9.11. The van der Waals surface area contributed by atoms with Crippen molar-refractivity contribution < 1.29 is 9.18 Å². The second-order valence-corrected chi connectivity index (χ2v) is 6.71. The van der Waals surface area contributed by atoms with E-state index in [4.69, 9.17) is 11.6 Å². The van der Waals surface area contributed by atoms with Crippen molar-refractivity contribution in [3.8, 4) is 5.69 Å². The molecule has 0 spiro atoms. The lowest BCUT2D eigenvalue weighted by molar-refractivity contribution is -0.115. The summed E-state index contributed by atoms with van der Waals surface area (Å²) in [7, 11) is 0. The molecule has 2 aromatic heterocycles. The molecule has 0 aliphatic heterocycles. The van der Waals surface area contributed by atoms with Crippen molar-refractivity contribution in [3.05, 3.63) is 53.4 Å². The highest BCUT2D eigenvalue weighted by atomic mass is 35.5. The van der Waals surface area contributed by atoms with Crippen LogP contribution in [0.15, 0.2) is 47.8 Å². The Morgan fingerprint density at radius 1 is 1.36 bits per heavy atom. The lowest BCUT2D eigenvalue weighted by Crippen LogP contribution is -2.23. The van der Waals surface area contributed by atoms with Crippen molar-refractivity contribution in [1.82, 2.24) is 25.2 Å². The van der Waals surface area contributed by atoms with E-state index in [1.807, 2.05) is 0 Å². The summed E-state index contributed by atoms with van der Waals surface area (Å²) < 4.78 is 14.8. The van der Waals surface area contributed by atoms with Gasteiger partial charge in [-0.1, -0.05) is 29.4 Å². The van der Waals surface area contributed by atoms with E-state index < -0.39 is 11.1 Å². The number of anilines is 1. The van der Waals surface area contributed by atoms with Crippen LogP contribution in [0.25, 0.3) is 5.69 Å². The summed E-state index contributed by atoms with van der Waals surface area (Å²) in [6.45, 7) is 1.71. The van der Waals surface area contributed by atoms with Gasteiger partial charge in [-0.2, -0.15) is 4.68 Å². The van der Waals surface area contributed by atoms with Crippen molar-refractivity contribution >= 4 is 35.1 Å². The number of hydrogen-bond donors (Lipinski definition) is 1. The molecule has 0 radical (unpaired) electrons. The average Bonchev–Trinajstić information content (AvgIpc) is 3.05. The summed E-state index contributed by atoms with van der Waals surface area (Å²) >= 11 is 6.91. The molecular weight excluding hydrogens is 367 g/mol. The van der Waals surface area contributed by atoms with E-state index in [2.05, 4.69) is 25.8 Å². The van der Waals surface area contributed by atoms with Crippen LogP contribution >= 0.6 is 23.4 Å². The third-order valence-corrected chi connectivity index (χ3v) is 4.38. The third-order valence-electron chi connectivity index (χ3n) is 3.12.